The summed E-state index contributed by atoms with van der Waals surface area (Å²) in [5.74, 6) is 0.00386. The molecule has 2 unspecified atom stereocenters. The molecule has 9 heteroatoms. The fraction of sp³-hybridized carbons (Fsp3) is 0.400. The molecule has 0 aromatic heterocycles. The first-order valence-electron chi connectivity index (χ1n) is 15.0. The number of anilines is 1. The smallest absolute Gasteiger partial charge is 0.408 e. The van der Waals surface area contributed by atoms with E-state index < -0.39 is 23.8 Å². The molecule has 9 nitrogen and oxygen atoms in total. The molecular weight excluding hydrogens is 558 g/mol. The number of carbonyl (C=O) groups is 3. The maximum absolute atomic E-state index is 14.7. The SMILES string of the molecule is COc1ccc(NC(=O)C(c2ccc(C)c(C)c2)N(C(=O)C(Cc2ccc(O)cc2)NC(=O)OC(C)(C)C)C2CCC2)cc1. The molecule has 0 aliphatic heterocycles. The molecule has 0 heterocycles. The number of aromatic hydroxyl groups is 1. The van der Waals surface area contributed by atoms with E-state index in [0.29, 0.717) is 17.0 Å². The van der Waals surface area contributed by atoms with Crippen LogP contribution in [-0.4, -0.2) is 52.7 Å². The molecule has 0 bridgehead atoms. The van der Waals surface area contributed by atoms with E-state index in [1.54, 1.807) is 69.2 Å². The highest BCUT2D eigenvalue weighted by Crippen LogP contribution is 2.35. The van der Waals surface area contributed by atoms with Crippen molar-refractivity contribution in [2.75, 3.05) is 12.4 Å². The molecule has 3 aromatic carbocycles. The topological polar surface area (TPSA) is 117 Å². The summed E-state index contributed by atoms with van der Waals surface area (Å²) in [4.78, 5) is 43.5. The Balaban J connectivity index is 1.75. The van der Waals surface area contributed by atoms with Gasteiger partial charge in [0, 0.05) is 18.2 Å². The Bertz CT molecular complexity index is 1460. The standard InChI is InChI=1S/C35H43N3O6/c1-22-10-13-25(20-23(22)2)31(32(40)36-26-14-18-29(43-6)19-15-26)38(27-8-7-9-27)33(41)30(37-34(42)44-35(3,4)5)21-24-11-16-28(39)17-12-24/h10-20,27,30-31,39H,7-9,21H2,1-6H3,(H,36,40)(H,37,42). The minimum Gasteiger partial charge on any atom is -0.508 e. The molecular formula is C35H43N3O6. The number of benzene rings is 3. The molecule has 234 valence electrons. The summed E-state index contributed by atoms with van der Waals surface area (Å²) in [6, 6.07) is 17.1. The van der Waals surface area contributed by atoms with Gasteiger partial charge in [0.25, 0.3) is 5.91 Å². The number of hydrogen-bond acceptors (Lipinski definition) is 6. The summed E-state index contributed by atoms with van der Waals surface area (Å²) in [6.07, 6.45) is 1.81. The Morgan fingerprint density at radius 2 is 1.61 bits per heavy atom. The molecule has 3 aromatic rings. The van der Waals surface area contributed by atoms with Crippen LogP contribution in [0.5, 0.6) is 11.5 Å². The number of alkyl carbamates (subject to hydrolysis) is 1. The van der Waals surface area contributed by atoms with Crippen LogP contribution < -0.4 is 15.4 Å². The number of aryl methyl sites for hydroxylation is 2. The minimum absolute atomic E-state index is 0.0952. The van der Waals surface area contributed by atoms with Gasteiger partial charge in [-0.25, -0.2) is 4.79 Å². The predicted octanol–water partition coefficient (Wildman–Crippen LogP) is 6.21. The number of ether oxygens (including phenoxy) is 2. The lowest BCUT2D eigenvalue weighted by molar-refractivity contribution is -0.145. The van der Waals surface area contributed by atoms with Crippen molar-refractivity contribution in [1.82, 2.24) is 10.2 Å². The van der Waals surface area contributed by atoms with E-state index in [-0.39, 0.29) is 30.0 Å². The number of phenols is 1. The van der Waals surface area contributed by atoms with Crippen molar-refractivity contribution in [3.63, 3.8) is 0 Å². The van der Waals surface area contributed by atoms with Crippen molar-refractivity contribution in [2.45, 2.75) is 84.0 Å². The third kappa shape index (κ3) is 8.30. The Morgan fingerprint density at radius 3 is 2.16 bits per heavy atom. The average Bonchev–Trinajstić information content (AvgIpc) is 2.93. The zero-order chi connectivity index (χ0) is 32.0. The van der Waals surface area contributed by atoms with Crippen LogP contribution in [0.1, 0.15) is 68.3 Å². The number of hydrogen-bond donors (Lipinski definition) is 3. The summed E-state index contributed by atoms with van der Waals surface area (Å²) in [7, 11) is 1.57. The maximum atomic E-state index is 14.7. The van der Waals surface area contributed by atoms with Crippen LogP contribution in [0.15, 0.2) is 66.7 Å². The van der Waals surface area contributed by atoms with Crippen molar-refractivity contribution in [1.29, 1.82) is 0 Å². The number of methoxy groups -OCH3 is 1. The highest BCUT2D eigenvalue weighted by atomic mass is 16.6. The van der Waals surface area contributed by atoms with Crippen molar-refractivity contribution in [3.8, 4) is 11.5 Å². The second-order valence-corrected chi connectivity index (χ2v) is 12.4. The molecule has 0 spiro atoms. The van der Waals surface area contributed by atoms with Crippen LogP contribution in [0, 0.1) is 13.8 Å². The molecule has 0 radical (unpaired) electrons. The van der Waals surface area contributed by atoms with Crippen LogP contribution in [0.4, 0.5) is 10.5 Å². The van der Waals surface area contributed by atoms with Gasteiger partial charge in [-0.2, -0.15) is 0 Å². The molecule has 3 N–H and O–H groups in total. The first kappa shape index (κ1) is 32.4. The first-order chi connectivity index (χ1) is 20.8. The molecule has 1 aliphatic carbocycles. The fourth-order valence-corrected chi connectivity index (χ4v) is 5.14. The minimum atomic E-state index is -1.03. The highest BCUT2D eigenvalue weighted by molar-refractivity contribution is 5.99. The molecule has 2 atom stereocenters. The van der Waals surface area contributed by atoms with E-state index in [4.69, 9.17) is 9.47 Å². The van der Waals surface area contributed by atoms with Crippen molar-refractivity contribution >= 4 is 23.6 Å². The van der Waals surface area contributed by atoms with Crippen LogP contribution >= 0.6 is 0 Å². The molecule has 44 heavy (non-hydrogen) atoms. The summed E-state index contributed by atoms with van der Waals surface area (Å²) >= 11 is 0. The zero-order valence-corrected chi connectivity index (χ0v) is 26.3. The molecule has 4 rings (SSSR count). The quantitative estimate of drug-likeness (QED) is 0.254. The molecule has 0 saturated heterocycles. The van der Waals surface area contributed by atoms with Crippen LogP contribution in [0.3, 0.4) is 0 Å². The molecule has 1 aliphatic rings. The number of nitrogens with zero attached hydrogens (tertiary/aromatic N) is 1. The van der Waals surface area contributed by atoms with Gasteiger partial charge >= 0.3 is 6.09 Å². The molecule has 3 amide bonds. The highest BCUT2D eigenvalue weighted by Gasteiger charge is 2.42. The number of amides is 3. The van der Waals surface area contributed by atoms with E-state index in [9.17, 15) is 19.5 Å². The Labute approximate surface area is 259 Å². The summed E-state index contributed by atoms with van der Waals surface area (Å²) in [6.45, 7) is 9.24. The van der Waals surface area contributed by atoms with Gasteiger partial charge in [-0.3, -0.25) is 9.59 Å². The van der Waals surface area contributed by atoms with E-state index in [1.165, 1.54) is 12.1 Å². The largest absolute Gasteiger partial charge is 0.508 e. The maximum Gasteiger partial charge on any atom is 0.408 e. The lowest BCUT2D eigenvalue weighted by Crippen LogP contribution is -2.57. The monoisotopic (exact) mass is 601 g/mol. The Kier molecular flexibility index (Phi) is 10.2. The van der Waals surface area contributed by atoms with Gasteiger partial charge in [0.2, 0.25) is 5.91 Å². The van der Waals surface area contributed by atoms with Gasteiger partial charge in [0.1, 0.15) is 29.2 Å². The van der Waals surface area contributed by atoms with Crippen molar-refractivity contribution in [3.05, 3.63) is 89.0 Å². The third-order valence-corrected chi connectivity index (χ3v) is 7.82. The van der Waals surface area contributed by atoms with Crippen LogP contribution in [0.25, 0.3) is 0 Å². The predicted molar refractivity (Wildman–Crippen MR) is 170 cm³/mol. The van der Waals surface area contributed by atoms with E-state index in [2.05, 4.69) is 10.6 Å². The van der Waals surface area contributed by atoms with Gasteiger partial charge in [-0.15, -0.1) is 0 Å². The van der Waals surface area contributed by atoms with E-state index >= 15 is 0 Å². The van der Waals surface area contributed by atoms with Gasteiger partial charge in [-0.1, -0.05) is 30.3 Å². The normalized spacial score (nSPS) is 14.5. The Hall–Kier alpha value is -4.53. The van der Waals surface area contributed by atoms with E-state index in [0.717, 1.165) is 36.0 Å². The van der Waals surface area contributed by atoms with Crippen LogP contribution in [-0.2, 0) is 20.7 Å². The number of phenolic OH excluding ortho intramolecular Hbond substituents is 1. The fourth-order valence-electron chi connectivity index (χ4n) is 5.14. The second kappa shape index (κ2) is 13.8. The summed E-state index contributed by atoms with van der Waals surface area (Å²) in [5.41, 5.74) is 3.28. The van der Waals surface area contributed by atoms with Crippen molar-refractivity contribution < 1.29 is 29.0 Å². The van der Waals surface area contributed by atoms with Crippen LogP contribution in [0.2, 0.25) is 0 Å². The van der Waals surface area contributed by atoms with Gasteiger partial charge in [-0.05, 0) is 113 Å². The molecule has 1 fully saturated rings. The number of rotatable bonds is 10. The summed E-state index contributed by atoms with van der Waals surface area (Å²) in [5, 5.41) is 15.6. The zero-order valence-electron chi connectivity index (χ0n) is 26.3. The number of nitrogens with one attached hydrogen (secondary N) is 2. The number of carbonyl (C=O) groups excluding carboxylic acids is 3. The summed E-state index contributed by atoms with van der Waals surface area (Å²) < 4.78 is 10.8. The average molecular weight is 602 g/mol. The van der Waals surface area contributed by atoms with Gasteiger partial charge in [0.05, 0.1) is 7.11 Å². The lowest BCUT2D eigenvalue weighted by atomic mass is 9.87. The third-order valence-electron chi connectivity index (χ3n) is 7.82. The lowest BCUT2D eigenvalue weighted by Gasteiger charge is -2.43. The van der Waals surface area contributed by atoms with Gasteiger partial charge < -0.3 is 30.1 Å². The first-order valence-corrected chi connectivity index (χ1v) is 15.0. The van der Waals surface area contributed by atoms with E-state index in [1.807, 2.05) is 32.0 Å². The van der Waals surface area contributed by atoms with Gasteiger partial charge in [0.15, 0.2) is 0 Å². The second-order valence-electron chi connectivity index (χ2n) is 12.4. The van der Waals surface area contributed by atoms with Crippen molar-refractivity contribution in [2.24, 2.45) is 0 Å². The molecule has 1 saturated carbocycles. The Morgan fingerprint density at radius 1 is 0.955 bits per heavy atom.